The maximum Gasteiger partial charge on any atom is 0.224 e. The molecule has 1 aliphatic carbocycles. The summed E-state index contributed by atoms with van der Waals surface area (Å²) in [6, 6.07) is 18.0. The second kappa shape index (κ2) is 7.85. The van der Waals surface area contributed by atoms with E-state index < -0.39 is 0 Å². The average molecular weight is 427 g/mol. The van der Waals surface area contributed by atoms with E-state index in [0.717, 1.165) is 29.4 Å². The lowest BCUT2D eigenvalue weighted by Crippen LogP contribution is -2.39. The summed E-state index contributed by atoms with van der Waals surface area (Å²) >= 11 is 3.45. The van der Waals surface area contributed by atoms with Gasteiger partial charge in [0.25, 0.3) is 0 Å². The average Bonchev–Trinajstić information content (AvgIpc) is 3.39. The van der Waals surface area contributed by atoms with Crippen LogP contribution in [0.2, 0.25) is 0 Å². The largest absolute Gasteiger partial charge is 0.347 e. The topological polar surface area (TPSA) is 49.4 Å². The molecular weight excluding hydrogens is 404 g/mol. The van der Waals surface area contributed by atoms with Gasteiger partial charge in [-0.05, 0) is 42.0 Å². The van der Waals surface area contributed by atoms with Crippen LogP contribution in [0.25, 0.3) is 0 Å². The van der Waals surface area contributed by atoms with Gasteiger partial charge in [-0.15, -0.1) is 0 Å². The minimum atomic E-state index is -0.160. The van der Waals surface area contributed by atoms with Gasteiger partial charge in [0.1, 0.15) is 0 Å². The zero-order valence-electron chi connectivity index (χ0n) is 15.1. The summed E-state index contributed by atoms with van der Waals surface area (Å²) in [6.07, 6.45) is 2.41. The summed E-state index contributed by atoms with van der Waals surface area (Å²) in [5.74, 6) is 0.586. The molecule has 1 saturated carbocycles. The second-order valence-corrected chi connectivity index (χ2v) is 8.33. The number of nitrogens with one attached hydrogen (secondary N) is 1. The molecule has 27 heavy (non-hydrogen) atoms. The molecule has 1 heterocycles. The SMILES string of the molecule is O=C(NC(CN1CCCC1=O)c1ccccc1)C1CC1c1ccc(Br)cc1. The highest BCUT2D eigenvalue weighted by Crippen LogP contribution is 2.48. The molecule has 5 heteroatoms. The van der Waals surface area contributed by atoms with Crippen LogP contribution in [0.3, 0.4) is 0 Å². The first kappa shape index (κ1) is 18.2. The highest BCUT2D eigenvalue weighted by atomic mass is 79.9. The van der Waals surface area contributed by atoms with Gasteiger partial charge in [0.15, 0.2) is 0 Å². The molecule has 4 nitrogen and oxygen atoms in total. The molecule has 3 atom stereocenters. The van der Waals surface area contributed by atoms with Crippen molar-refractivity contribution in [2.45, 2.75) is 31.2 Å². The van der Waals surface area contributed by atoms with Crippen LogP contribution >= 0.6 is 15.9 Å². The minimum Gasteiger partial charge on any atom is -0.347 e. The van der Waals surface area contributed by atoms with E-state index in [1.54, 1.807) is 0 Å². The number of nitrogens with zero attached hydrogens (tertiary/aromatic N) is 1. The number of hydrogen-bond acceptors (Lipinski definition) is 2. The smallest absolute Gasteiger partial charge is 0.224 e. The molecule has 1 aliphatic heterocycles. The fraction of sp³-hybridized carbons (Fsp3) is 0.364. The van der Waals surface area contributed by atoms with Crippen LogP contribution in [0.1, 0.15) is 42.3 Å². The number of amides is 2. The van der Waals surface area contributed by atoms with Crippen molar-refractivity contribution in [2.75, 3.05) is 13.1 Å². The third kappa shape index (κ3) is 4.24. The Bertz CT molecular complexity index is 822. The van der Waals surface area contributed by atoms with Crippen LogP contribution in [0.4, 0.5) is 0 Å². The van der Waals surface area contributed by atoms with Crippen LogP contribution in [0, 0.1) is 5.92 Å². The normalized spacial score (nSPS) is 22.6. The number of carbonyl (C=O) groups is 2. The first-order valence-corrected chi connectivity index (χ1v) is 10.3. The number of benzene rings is 2. The second-order valence-electron chi connectivity index (χ2n) is 7.42. The molecule has 0 aromatic heterocycles. The monoisotopic (exact) mass is 426 g/mol. The van der Waals surface area contributed by atoms with Gasteiger partial charge < -0.3 is 10.2 Å². The molecule has 0 spiro atoms. The van der Waals surface area contributed by atoms with Gasteiger partial charge in [-0.1, -0.05) is 58.4 Å². The van der Waals surface area contributed by atoms with Crippen LogP contribution < -0.4 is 5.32 Å². The van der Waals surface area contributed by atoms with Crippen LogP contribution in [0.5, 0.6) is 0 Å². The van der Waals surface area contributed by atoms with Crippen molar-refractivity contribution in [3.8, 4) is 0 Å². The van der Waals surface area contributed by atoms with E-state index >= 15 is 0 Å². The van der Waals surface area contributed by atoms with Gasteiger partial charge in [-0.25, -0.2) is 0 Å². The highest BCUT2D eigenvalue weighted by Gasteiger charge is 2.44. The number of halogens is 1. The molecule has 1 saturated heterocycles. The Morgan fingerprint density at radius 3 is 2.56 bits per heavy atom. The van der Waals surface area contributed by atoms with Crippen molar-refractivity contribution in [3.63, 3.8) is 0 Å². The number of carbonyl (C=O) groups excluding carboxylic acids is 2. The summed E-state index contributed by atoms with van der Waals surface area (Å²) < 4.78 is 1.05. The van der Waals surface area contributed by atoms with Crippen LogP contribution in [-0.4, -0.2) is 29.8 Å². The first-order chi connectivity index (χ1) is 13.1. The van der Waals surface area contributed by atoms with E-state index in [1.165, 1.54) is 5.56 Å². The molecular formula is C22H23BrN2O2. The predicted octanol–water partition coefficient (Wildman–Crippen LogP) is 4.03. The van der Waals surface area contributed by atoms with Gasteiger partial charge in [-0.3, -0.25) is 9.59 Å². The molecule has 2 fully saturated rings. The Hall–Kier alpha value is -2.14. The summed E-state index contributed by atoms with van der Waals surface area (Å²) in [7, 11) is 0. The molecule has 3 unspecified atom stereocenters. The Balaban J connectivity index is 1.44. The molecule has 2 aromatic carbocycles. The van der Waals surface area contributed by atoms with E-state index in [4.69, 9.17) is 0 Å². The van der Waals surface area contributed by atoms with E-state index in [1.807, 2.05) is 47.4 Å². The summed E-state index contributed by atoms with van der Waals surface area (Å²) in [5, 5.41) is 3.21. The van der Waals surface area contributed by atoms with Crippen molar-refractivity contribution in [3.05, 3.63) is 70.2 Å². The van der Waals surface area contributed by atoms with Crippen molar-refractivity contribution < 1.29 is 9.59 Å². The molecule has 2 amide bonds. The maximum atomic E-state index is 12.9. The van der Waals surface area contributed by atoms with Gasteiger partial charge in [0.05, 0.1) is 6.04 Å². The predicted molar refractivity (Wildman–Crippen MR) is 108 cm³/mol. The molecule has 0 bridgehead atoms. The molecule has 0 radical (unpaired) electrons. The molecule has 2 aromatic rings. The van der Waals surface area contributed by atoms with E-state index in [-0.39, 0.29) is 23.8 Å². The quantitative estimate of drug-likeness (QED) is 0.757. The zero-order valence-corrected chi connectivity index (χ0v) is 16.7. The number of likely N-dealkylation sites (tertiary alicyclic amines) is 1. The third-order valence-corrected chi connectivity index (χ3v) is 6.05. The highest BCUT2D eigenvalue weighted by molar-refractivity contribution is 9.10. The van der Waals surface area contributed by atoms with Crippen molar-refractivity contribution in [2.24, 2.45) is 5.92 Å². The van der Waals surface area contributed by atoms with Gasteiger partial charge >= 0.3 is 0 Å². The molecule has 2 aliphatic rings. The summed E-state index contributed by atoms with van der Waals surface area (Å²) in [4.78, 5) is 26.8. The van der Waals surface area contributed by atoms with E-state index in [2.05, 4.69) is 33.4 Å². The van der Waals surface area contributed by atoms with E-state index in [0.29, 0.717) is 18.9 Å². The van der Waals surface area contributed by atoms with Gasteiger partial charge in [0, 0.05) is 29.9 Å². The lowest BCUT2D eigenvalue weighted by molar-refractivity contribution is -0.129. The Morgan fingerprint density at radius 2 is 1.89 bits per heavy atom. The minimum absolute atomic E-state index is 0.0201. The fourth-order valence-electron chi connectivity index (χ4n) is 3.88. The summed E-state index contributed by atoms with van der Waals surface area (Å²) in [6.45, 7) is 1.33. The van der Waals surface area contributed by atoms with E-state index in [9.17, 15) is 9.59 Å². The number of hydrogen-bond donors (Lipinski definition) is 1. The lowest BCUT2D eigenvalue weighted by atomic mass is 10.1. The van der Waals surface area contributed by atoms with Crippen molar-refractivity contribution in [1.29, 1.82) is 0 Å². The Morgan fingerprint density at radius 1 is 1.15 bits per heavy atom. The third-order valence-electron chi connectivity index (χ3n) is 5.52. The van der Waals surface area contributed by atoms with Crippen LogP contribution in [-0.2, 0) is 9.59 Å². The van der Waals surface area contributed by atoms with Gasteiger partial charge in [0.2, 0.25) is 11.8 Å². The maximum absolute atomic E-state index is 12.9. The number of rotatable bonds is 6. The lowest BCUT2D eigenvalue weighted by Gasteiger charge is -2.25. The Labute approximate surface area is 168 Å². The first-order valence-electron chi connectivity index (χ1n) is 9.50. The zero-order chi connectivity index (χ0) is 18.8. The standard InChI is InChI=1S/C22H23BrN2O2/c23-17-10-8-15(9-11-17)18-13-19(18)22(27)24-20(16-5-2-1-3-6-16)14-25-12-4-7-21(25)26/h1-3,5-6,8-11,18-20H,4,7,12-14H2,(H,24,27). The van der Waals surface area contributed by atoms with Crippen LogP contribution in [0.15, 0.2) is 59.1 Å². The Kier molecular flexibility index (Phi) is 5.30. The molecule has 140 valence electrons. The van der Waals surface area contributed by atoms with Gasteiger partial charge in [-0.2, -0.15) is 0 Å². The fourth-order valence-corrected chi connectivity index (χ4v) is 4.14. The van der Waals surface area contributed by atoms with Crippen molar-refractivity contribution in [1.82, 2.24) is 10.2 Å². The molecule has 4 rings (SSSR count). The molecule has 1 N–H and O–H groups in total. The van der Waals surface area contributed by atoms with Crippen molar-refractivity contribution >= 4 is 27.7 Å². The summed E-state index contributed by atoms with van der Waals surface area (Å²) in [5.41, 5.74) is 2.26.